The van der Waals surface area contributed by atoms with Gasteiger partial charge < -0.3 is 34.3 Å². The van der Waals surface area contributed by atoms with Crippen molar-refractivity contribution in [2.45, 2.75) is 89.0 Å². The Bertz CT molecular complexity index is 5820. The van der Waals surface area contributed by atoms with E-state index in [0.717, 1.165) is 107 Å². The molecule has 17 aromatic rings. The van der Waals surface area contributed by atoms with Crippen molar-refractivity contribution in [3.63, 3.8) is 0 Å². The number of hydrogen-bond acceptors (Lipinski definition) is 10. The van der Waals surface area contributed by atoms with Crippen molar-refractivity contribution >= 4 is 103 Å². The Morgan fingerprint density at radius 2 is 0.841 bits per heavy atom. The van der Waals surface area contributed by atoms with E-state index in [-0.39, 0.29) is 60.3 Å². The van der Waals surface area contributed by atoms with Crippen LogP contribution < -0.4 is 15.6 Å². The molecular formula is C96H84Ir3N6O3S2Si3-6. The number of pyridine rings is 6. The van der Waals surface area contributed by atoms with Gasteiger partial charge in [-0.25, -0.2) is 8.42 Å². The molecule has 0 unspecified atom stereocenters. The van der Waals surface area contributed by atoms with Gasteiger partial charge in [-0.2, -0.15) is 11.3 Å². The number of benzene rings is 9. The standard InChI is InChI=1S/C22H22NSSi.C21H20NOSi.C20H18NO2SSi.3C11H8N.3Ir/c1-5-15-13-19(23-14-22(15)25(2,3)4)16-10-11-21-18(12-16)17-8-6-7-9-20(17)24-21;1-14-11-18(22-13-21(14)24(2,3)4)15-9-10-20-17(12-15)16-7-5-6-8-19(16)23-20;1-25(2,3)15-9-10-18(21-13-15)14-8-11-20-17(12-14)16-6-4-5-7-19(16)24(20,22)23;3*1-2-6-10(7-3-1)11-8-4-5-9-12-11;;;/h6-9,11-14H,5H2,1-4H3;5-8,10-13H,1-4H3;4-7,9-13H,1-3H3;3*1-6,8-9H;;;/q6*-1;;;. The van der Waals surface area contributed by atoms with Crippen LogP contribution in [0.2, 0.25) is 58.9 Å². The van der Waals surface area contributed by atoms with Gasteiger partial charge in [0.05, 0.1) is 34.7 Å². The molecule has 573 valence electrons. The molecule has 9 nitrogen and oxygen atoms in total. The number of thiophene rings is 1. The van der Waals surface area contributed by atoms with Gasteiger partial charge in [-0.05, 0) is 120 Å². The molecule has 0 saturated carbocycles. The maximum absolute atomic E-state index is 12.6. The zero-order chi connectivity index (χ0) is 77.0. The van der Waals surface area contributed by atoms with E-state index in [4.69, 9.17) is 14.4 Å². The summed E-state index contributed by atoms with van der Waals surface area (Å²) in [6, 6.07) is 105. The summed E-state index contributed by atoms with van der Waals surface area (Å²) in [6.07, 6.45) is 12.5. The van der Waals surface area contributed by atoms with Gasteiger partial charge in [0.2, 0.25) is 0 Å². The maximum Gasteiger partial charge on any atom is 0.173 e. The Hall–Kier alpha value is -9.55. The van der Waals surface area contributed by atoms with Crippen LogP contribution in [0.3, 0.4) is 0 Å². The first kappa shape index (κ1) is 85.9. The van der Waals surface area contributed by atoms with Crippen LogP contribution >= 0.6 is 11.3 Å². The molecular weight excluding hydrogens is 2010 g/mol. The fourth-order valence-electron chi connectivity index (χ4n) is 13.1. The normalized spacial score (nSPS) is 11.6. The molecule has 0 bridgehead atoms. The molecule has 3 radical (unpaired) electrons. The van der Waals surface area contributed by atoms with Crippen molar-refractivity contribution in [2.24, 2.45) is 0 Å². The van der Waals surface area contributed by atoms with E-state index in [1.165, 1.54) is 46.9 Å². The van der Waals surface area contributed by atoms with Gasteiger partial charge in [0.15, 0.2) is 9.84 Å². The number of aryl methyl sites for hydroxylation is 2. The van der Waals surface area contributed by atoms with Gasteiger partial charge in [-0.3, -0.25) is 0 Å². The first-order chi connectivity index (χ1) is 53.1. The number of aromatic nitrogens is 6. The first-order valence-electron chi connectivity index (χ1n) is 36.7. The average molecular weight is 2090 g/mol. The van der Waals surface area contributed by atoms with Gasteiger partial charge in [0.1, 0.15) is 5.58 Å². The Kier molecular flexibility index (Phi) is 29.3. The molecule has 0 aliphatic carbocycles. The van der Waals surface area contributed by atoms with Gasteiger partial charge in [0, 0.05) is 108 Å². The Balaban J connectivity index is 0.000000147. The molecule has 1 aliphatic rings. The van der Waals surface area contributed by atoms with Crippen LogP contribution in [0, 0.1) is 43.3 Å². The SMILES string of the molecule is CCc1cc(-c2[c-]cc3sc4ccccc4c3c2)ncc1[Si](C)(C)C.C[Si](C)(C)c1ccc(-c2[c-]cc3c(c2)-c2ccccc2S3(=O)=O)nc1.Cc1cc(-c2[c-]cc3oc4ccccc4c3c2)ncc1[Si](C)(C)C.[Ir].[Ir].[Ir].[c-]1ccccc1-c1ccccn1.[c-]1ccccc1-c1ccccn1.[c-]1ccccc1-c1ccccn1. The fraction of sp³-hybridized carbons (Fsp3) is 0.125. The van der Waals surface area contributed by atoms with Crippen molar-refractivity contribution < 1.29 is 73.2 Å². The van der Waals surface area contributed by atoms with Gasteiger partial charge >= 0.3 is 0 Å². The van der Waals surface area contributed by atoms with Crippen molar-refractivity contribution in [3.05, 3.63) is 346 Å². The van der Waals surface area contributed by atoms with Crippen molar-refractivity contribution in [1.82, 2.24) is 29.9 Å². The summed E-state index contributed by atoms with van der Waals surface area (Å²) < 4.78 is 33.8. The topological polar surface area (TPSA) is 125 Å². The predicted octanol–water partition coefficient (Wildman–Crippen LogP) is 22.9. The molecule has 0 fully saturated rings. The van der Waals surface area contributed by atoms with Gasteiger partial charge in [0.25, 0.3) is 0 Å². The second-order valence-corrected chi connectivity index (χ2v) is 47.8. The zero-order valence-corrected chi connectivity index (χ0v) is 76.5. The summed E-state index contributed by atoms with van der Waals surface area (Å²) in [5.41, 5.74) is 17.8. The first-order valence-corrected chi connectivity index (χ1v) is 49.5. The largest absolute Gasteiger partial charge is 0.500 e. The maximum atomic E-state index is 12.6. The molecule has 113 heavy (non-hydrogen) atoms. The van der Waals surface area contributed by atoms with Crippen molar-refractivity contribution in [1.29, 1.82) is 0 Å². The fourth-order valence-corrected chi connectivity index (χ4v) is 20.2. The van der Waals surface area contributed by atoms with Crippen LogP contribution in [0.4, 0.5) is 0 Å². The van der Waals surface area contributed by atoms with Gasteiger partial charge in [-0.1, -0.05) is 209 Å². The second-order valence-electron chi connectivity index (χ2n) is 29.7. The molecule has 0 amide bonds. The van der Waals surface area contributed by atoms with E-state index in [9.17, 15) is 8.42 Å². The Labute approximate surface area is 712 Å². The summed E-state index contributed by atoms with van der Waals surface area (Å²) in [6.45, 7) is 25.5. The molecule has 17 heteroatoms. The smallest absolute Gasteiger partial charge is 0.173 e. The Morgan fingerprint density at radius 1 is 0.363 bits per heavy atom. The second kappa shape index (κ2) is 38.5. The van der Waals surface area contributed by atoms with Crippen LogP contribution in [0.5, 0.6) is 0 Å². The zero-order valence-electron chi connectivity index (χ0n) is 64.7. The number of furan rings is 1. The van der Waals surface area contributed by atoms with E-state index in [1.54, 1.807) is 36.8 Å². The summed E-state index contributed by atoms with van der Waals surface area (Å²) in [5, 5.41) is 9.08. The minimum atomic E-state index is -3.44. The number of hydrogen-bond donors (Lipinski definition) is 0. The van der Waals surface area contributed by atoms with Crippen LogP contribution in [0.1, 0.15) is 18.1 Å². The Morgan fingerprint density at radius 3 is 1.36 bits per heavy atom. The molecule has 9 aromatic carbocycles. The van der Waals surface area contributed by atoms with Crippen molar-refractivity contribution in [2.75, 3.05) is 0 Å². The third kappa shape index (κ3) is 20.9. The van der Waals surface area contributed by atoms with Crippen LogP contribution in [0.15, 0.2) is 312 Å². The van der Waals surface area contributed by atoms with E-state index in [0.29, 0.717) is 9.79 Å². The minimum Gasteiger partial charge on any atom is -0.500 e. The average Bonchev–Trinajstić information content (AvgIpc) is 1.58. The molecule has 0 spiro atoms. The minimum absolute atomic E-state index is 0. The van der Waals surface area contributed by atoms with E-state index < -0.39 is 34.1 Å². The summed E-state index contributed by atoms with van der Waals surface area (Å²) >= 11 is 1.83. The molecule has 9 heterocycles. The van der Waals surface area contributed by atoms with Crippen LogP contribution in [-0.4, -0.2) is 62.5 Å². The number of sulfone groups is 1. The number of para-hydroxylation sites is 1. The number of nitrogens with zero attached hydrogens (tertiary/aromatic N) is 6. The van der Waals surface area contributed by atoms with Crippen LogP contribution in [0.25, 0.3) is 121 Å². The number of fused-ring (bicyclic) bond motifs is 9. The summed E-state index contributed by atoms with van der Waals surface area (Å²) in [4.78, 5) is 27.5. The number of rotatable bonds is 10. The van der Waals surface area contributed by atoms with Crippen LogP contribution in [-0.2, 0) is 76.6 Å². The molecule has 1 aliphatic heterocycles. The summed E-state index contributed by atoms with van der Waals surface area (Å²) in [5.74, 6) is 0. The van der Waals surface area contributed by atoms with E-state index in [1.807, 2.05) is 193 Å². The van der Waals surface area contributed by atoms with Gasteiger partial charge in [-0.15, -0.1) is 179 Å². The quantitative estimate of drug-likeness (QED) is 0.0972. The van der Waals surface area contributed by atoms with Crippen molar-refractivity contribution in [3.8, 4) is 78.7 Å². The van der Waals surface area contributed by atoms with E-state index >= 15 is 0 Å². The third-order valence-corrected chi connectivity index (χ3v) is 28.0. The summed E-state index contributed by atoms with van der Waals surface area (Å²) in [7, 11) is -7.55. The monoisotopic (exact) mass is 2100 g/mol. The molecule has 0 atom stereocenters. The molecule has 0 N–H and O–H groups in total. The molecule has 8 aromatic heterocycles. The predicted molar refractivity (Wildman–Crippen MR) is 465 cm³/mol. The van der Waals surface area contributed by atoms with E-state index in [2.05, 4.69) is 208 Å². The third-order valence-electron chi connectivity index (χ3n) is 18.8. The molecule has 18 rings (SSSR count). The molecule has 0 saturated heterocycles.